The number of halogens is 2. The Morgan fingerprint density at radius 1 is 1.25 bits per heavy atom. The van der Waals surface area contributed by atoms with Crippen molar-refractivity contribution in [1.29, 1.82) is 0 Å². The molecule has 3 rings (SSSR count). The smallest absolute Gasteiger partial charge is 0.250 e. The molecule has 1 heterocycles. The van der Waals surface area contributed by atoms with Crippen molar-refractivity contribution in [3.63, 3.8) is 0 Å². The molecule has 20 heavy (non-hydrogen) atoms. The number of carbonyl (C=O) groups excluding carboxylic acids is 2. The molecule has 106 valence electrons. The van der Waals surface area contributed by atoms with E-state index < -0.39 is 12.1 Å². The zero-order valence-electron chi connectivity index (χ0n) is 10.9. The second-order valence-corrected chi connectivity index (χ2v) is 6.15. The molecule has 2 aliphatic rings. The van der Waals surface area contributed by atoms with Gasteiger partial charge in [0.15, 0.2) is 0 Å². The van der Waals surface area contributed by atoms with Crippen molar-refractivity contribution in [2.45, 2.75) is 31.8 Å². The van der Waals surface area contributed by atoms with Gasteiger partial charge in [0.25, 0.3) is 5.91 Å². The molecule has 1 saturated heterocycles. The van der Waals surface area contributed by atoms with Crippen molar-refractivity contribution >= 4 is 40.7 Å². The van der Waals surface area contributed by atoms with Crippen molar-refractivity contribution in [3.05, 3.63) is 28.2 Å². The molecule has 0 aromatic heterocycles. The maximum absolute atomic E-state index is 12.6. The summed E-state index contributed by atoms with van der Waals surface area (Å²) in [7, 11) is 0. The summed E-state index contributed by atoms with van der Waals surface area (Å²) in [6, 6.07) is 3.89. The van der Waals surface area contributed by atoms with E-state index in [1.807, 2.05) is 0 Å². The number of nitrogens with one attached hydrogen (secondary N) is 1. The van der Waals surface area contributed by atoms with E-state index in [1.54, 1.807) is 25.1 Å². The maximum Gasteiger partial charge on any atom is 0.250 e. The molecule has 1 N–H and O–H groups in total. The number of anilines is 1. The Kier molecular flexibility index (Phi) is 3.38. The zero-order valence-corrected chi connectivity index (χ0v) is 12.4. The van der Waals surface area contributed by atoms with Gasteiger partial charge in [0, 0.05) is 5.02 Å². The topological polar surface area (TPSA) is 49.4 Å². The number of hydrogen-bond donors (Lipinski definition) is 1. The summed E-state index contributed by atoms with van der Waals surface area (Å²) in [5.74, 6) is -0.0132. The second kappa shape index (κ2) is 4.93. The molecule has 2 fully saturated rings. The highest BCUT2D eigenvalue weighted by molar-refractivity contribution is 6.36. The molecule has 1 aliphatic carbocycles. The van der Waals surface area contributed by atoms with Gasteiger partial charge in [-0.25, -0.2) is 0 Å². The van der Waals surface area contributed by atoms with Gasteiger partial charge in [-0.05, 0) is 43.9 Å². The molecule has 1 aliphatic heterocycles. The van der Waals surface area contributed by atoms with Gasteiger partial charge in [-0.1, -0.05) is 23.2 Å². The molecule has 2 amide bonds. The van der Waals surface area contributed by atoms with Gasteiger partial charge >= 0.3 is 0 Å². The first-order valence-electron chi connectivity index (χ1n) is 6.57. The predicted molar refractivity (Wildman–Crippen MR) is 78.1 cm³/mol. The van der Waals surface area contributed by atoms with Gasteiger partial charge in [-0.15, -0.1) is 0 Å². The lowest BCUT2D eigenvalue weighted by Gasteiger charge is -2.37. The number of nitrogens with zero attached hydrogens (tertiary/aromatic N) is 1. The summed E-state index contributed by atoms with van der Waals surface area (Å²) >= 11 is 12.1. The van der Waals surface area contributed by atoms with E-state index in [2.05, 4.69) is 5.32 Å². The quantitative estimate of drug-likeness (QED) is 0.912. The number of benzene rings is 1. The van der Waals surface area contributed by atoms with E-state index in [-0.39, 0.29) is 17.7 Å². The lowest BCUT2D eigenvalue weighted by atomic mass is 10.0. The summed E-state index contributed by atoms with van der Waals surface area (Å²) < 4.78 is 0. The largest absolute Gasteiger partial charge is 0.342 e. The molecule has 2 atom stereocenters. The van der Waals surface area contributed by atoms with Crippen LogP contribution in [0.15, 0.2) is 18.2 Å². The van der Waals surface area contributed by atoms with Gasteiger partial charge in [-0.3, -0.25) is 14.5 Å². The summed E-state index contributed by atoms with van der Waals surface area (Å²) in [6.45, 7) is 1.69. The fraction of sp³-hybridized carbons (Fsp3) is 0.429. The van der Waals surface area contributed by atoms with E-state index in [0.717, 1.165) is 12.8 Å². The average molecular weight is 313 g/mol. The molecular formula is C14H14Cl2N2O2. The molecule has 6 heteroatoms. The van der Waals surface area contributed by atoms with Gasteiger partial charge in [0.2, 0.25) is 5.91 Å². The molecule has 1 saturated carbocycles. The number of amides is 2. The second-order valence-electron chi connectivity index (χ2n) is 5.30. The Labute approximate surface area is 127 Å². The Morgan fingerprint density at radius 3 is 2.60 bits per heavy atom. The van der Waals surface area contributed by atoms with Crippen molar-refractivity contribution in [2.75, 3.05) is 4.90 Å². The van der Waals surface area contributed by atoms with Crippen molar-refractivity contribution in [3.8, 4) is 0 Å². The molecule has 0 spiro atoms. The summed E-state index contributed by atoms with van der Waals surface area (Å²) in [5, 5.41) is 3.71. The average Bonchev–Trinajstić information content (AvgIpc) is 3.22. The van der Waals surface area contributed by atoms with Crippen molar-refractivity contribution < 1.29 is 9.59 Å². The van der Waals surface area contributed by atoms with Crippen LogP contribution in [0.3, 0.4) is 0 Å². The Hall–Kier alpha value is -1.26. The first-order valence-corrected chi connectivity index (χ1v) is 7.33. The SMILES string of the molecule is CC1C(=O)NC(C2CC2)C(=O)N1c1cc(Cl)ccc1Cl. The molecule has 0 bridgehead atoms. The van der Waals surface area contributed by atoms with Crippen LogP contribution in [0.1, 0.15) is 19.8 Å². The van der Waals surface area contributed by atoms with Crippen LogP contribution in [-0.4, -0.2) is 23.9 Å². The number of piperazine rings is 1. The van der Waals surface area contributed by atoms with Crippen LogP contribution in [0.5, 0.6) is 0 Å². The monoisotopic (exact) mass is 312 g/mol. The standard InChI is InChI=1S/C14H14Cl2N2O2/c1-7-13(19)17-12(8-2-3-8)14(20)18(7)11-6-9(15)4-5-10(11)16/h4-8,12H,2-3H2,1H3,(H,17,19). The third-order valence-corrected chi connectivity index (χ3v) is 4.38. The van der Waals surface area contributed by atoms with E-state index >= 15 is 0 Å². The van der Waals surface area contributed by atoms with Crippen LogP contribution in [0.2, 0.25) is 10.0 Å². The highest BCUT2D eigenvalue weighted by Gasteiger charge is 2.46. The number of rotatable bonds is 2. The van der Waals surface area contributed by atoms with E-state index in [1.165, 1.54) is 4.90 Å². The fourth-order valence-corrected chi connectivity index (χ4v) is 2.92. The fourth-order valence-electron chi connectivity index (χ4n) is 2.54. The first-order chi connectivity index (χ1) is 9.49. The van der Waals surface area contributed by atoms with E-state index in [0.29, 0.717) is 15.7 Å². The van der Waals surface area contributed by atoms with Gasteiger partial charge in [0.1, 0.15) is 12.1 Å². The minimum atomic E-state index is -0.589. The highest BCUT2D eigenvalue weighted by Crippen LogP contribution is 2.38. The predicted octanol–water partition coefficient (Wildman–Crippen LogP) is 2.62. The molecule has 1 aromatic rings. The summed E-state index contributed by atoms with van der Waals surface area (Å²) in [5.41, 5.74) is 0.497. The van der Waals surface area contributed by atoms with Crippen molar-refractivity contribution in [1.82, 2.24) is 5.32 Å². The lowest BCUT2D eigenvalue weighted by Crippen LogP contribution is -2.63. The van der Waals surface area contributed by atoms with Crippen LogP contribution in [0.25, 0.3) is 0 Å². The summed E-state index contributed by atoms with van der Waals surface area (Å²) in [6.07, 6.45) is 1.95. The summed E-state index contributed by atoms with van der Waals surface area (Å²) in [4.78, 5) is 26.2. The maximum atomic E-state index is 12.6. The van der Waals surface area contributed by atoms with Crippen LogP contribution in [-0.2, 0) is 9.59 Å². The van der Waals surface area contributed by atoms with E-state index in [4.69, 9.17) is 23.2 Å². The highest BCUT2D eigenvalue weighted by atomic mass is 35.5. The lowest BCUT2D eigenvalue weighted by molar-refractivity contribution is -0.133. The normalized spacial score (nSPS) is 26.6. The molecule has 2 unspecified atom stereocenters. The third-order valence-electron chi connectivity index (χ3n) is 3.83. The number of carbonyl (C=O) groups is 2. The Balaban J connectivity index is 2.01. The van der Waals surface area contributed by atoms with Crippen LogP contribution in [0.4, 0.5) is 5.69 Å². The van der Waals surface area contributed by atoms with Crippen LogP contribution >= 0.6 is 23.2 Å². The third kappa shape index (κ3) is 2.27. The zero-order chi connectivity index (χ0) is 14.4. The van der Waals surface area contributed by atoms with Crippen molar-refractivity contribution in [2.24, 2.45) is 5.92 Å². The Bertz CT molecular complexity index is 587. The van der Waals surface area contributed by atoms with Crippen LogP contribution < -0.4 is 10.2 Å². The number of hydrogen-bond acceptors (Lipinski definition) is 2. The van der Waals surface area contributed by atoms with Gasteiger partial charge in [0.05, 0.1) is 10.7 Å². The van der Waals surface area contributed by atoms with Crippen LogP contribution in [0, 0.1) is 5.92 Å². The molecular weight excluding hydrogens is 299 g/mol. The molecule has 1 aromatic carbocycles. The molecule has 4 nitrogen and oxygen atoms in total. The Morgan fingerprint density at radius 2 is 1.95 bits per heavy atom. The minimum Gasteiger partial charge on any atom is -0.342 e. The molecule has 0 radical (unpaired) electrons. The minimum absolute atomic E-state index is 0.108. The van der Waals surface area contributed by atoms with E-state index in [9.17, 15) is 9.59 Å². The first kappa shape index (κ1) is 13.7. The van der Waals surface area contributed by atoms with Gasteiger partial charge in [-0.2, -0.15) is 0 Å². The van der Waals surface area contributed by atoms with Gasteiger partial charge < -0.3 is 5.32 Å².